The minimum Gasteiger partial charge on any atom is -0.396 e. The van der Waals surface area contributed by atoms with E-state index in [2.05, 4.69) is 21.9 Å². The van der Waals surface area contributed by atoms with Crippen LogP contribution in [0.1, 0.15) is 12.0 Å². The highest BCUT2D eigenvalue weighted by Crippen LogP contribution is 2.05. The third-order valence-electron chi connectivity index (χ3n) is 3.97. The normalized spacial score (nSPS) is 20.9. The second-order valence-corrected chi connectivity index (χ2v) is 5.87. The van der Waals surface area contributed by atoms with Gasteiger partial charge in [0.05, 0.1) is 19.3 Å². The van der Waals surface area contributed by atoms with Crippen molar-refractivity contribution in [2.24, 2.45) is 0 Å². The first-order valence-electron chi connectivity index (χ1n) is 8.13. The van der Waals surface area contributed by atoms with Gasteiger partial charge in [-0.05, 0) is 12.0 Å². The molecule has 1 aromatic rings. The molecule has 5 heteroatoms. The number of benzene rings is 1. The van der Waals surface area contributed by atoms with E-state index in [9.17, 15) is 5.11 Å². The Morgan fingerprint density at radius 3 is 2.41 bits per heavy atom. The largest absolute Gasteiger partial charge is 0.396 e. The third kappa shape index (κ3) is 6.42. The average molecular weight is 308 g/mol. The van der Waals surface area contributed by atoms with Crippen molar-refractivity contribution in [2.45, 2.75) is 19.1 Å². The number of ether oxygens (including phenoxy) is 1. The molecule has 1 saturated heterocycles. The Balaban J connectivity index is 1.65. The molecule has 2 N–H and O–H groups in total. The number of aliphatic hydroxyl groups excluding tert-OH is 2. The molecule has 0 aliphatic carbocycles. The van der Waals surface area contributed by atoms with E-state index in [1.54, 1.807) is 0 Å². The third-order valence-corrected chi connectivity index (χ3v) is 3.97. The zero-order chi connectivity index (χ0) is 15.6. The van der Waals surface area contributed by atoms with Crippen LogP contribution in [0.4, 0.5) is 0 Å². The van der Waals surface area contributed by atoms with Crippen LogP contribution in [0.25, 0.3) is 0 Å². The quantitative estimate of drug-likeness (QED) is 0.688. The summed E-state index contributed by atoms with van der Waals surface area (Å²) in [6, 6.07) is 10.2. The summed E-state index contributed by atoms with van der Waals surface area (Å²) in [6.07, 6.45) is 0.447. The van der Waals surface area contributed by atoms with Gasteiger partial charge in [0, 0.05) is 45.9 Å². The summed E-state index contributed by atoms with van der Waals surface area (Å²) in [4.78, 5) is 4.49. The summed E-state index contributed by atoms with van der Waals surface area (Å²) in [7, 11) is 0. The summed E-state index contributed by atoms with van der Waals surface area (Å²) in [5, 5.41) is 19.0. The molecule has 1 heterocycles. The Hall–Kier alpha value is -0.980. The molecular formula is C17H28N2O3. The standard InChI is InChI=1S/C17H28N2O3/c20-11-4-7-18-8-9-19(14-17(21)13-18)10-12-22-15-16-5-2-1-3-6-16/h1-3,5-6,17,20-21H,4,7-15H2/t17-/m1/s1. The fourth-order valence-corrected chi connectivity index (χ4v) is 2.78. The maximum atomic E-state index is 10.1. The van der Waals surface area contributed by atoms with E-state index in [1.807, 2.05) is 18.2 Å². The van der Waals surface area contributed by atoms with E-state index in [4.69, 9.17) is 9.84 Å². The topological polar surface area (TPSA) is 56.2 Å². The summed E-state index contributed by atoms with van der Waals surface area (Å²) in [6.45, 7) is 6.50. The van der Waals surface area contributed by atoms with Crippen molar-refractivity contribution >= 4 is 0 Å². The van der Waals surface area contributed by atoms with Crippen LogP contribution in [-0.4, -0.2) is 78.6 Å². The molecule has 0 spiro atoms. The van der Waals surface area contributed by atoms with Crippen LogP contribution in [0, 0.1) is 0 Å². The van der Waals surface area contributed by atoms with Gasteiger partial charge in [0.1, 0.15) is 0 Å². The molecule has 1 fully saturated rings. The molecule has 22 heavy (non-hydrogen) atoms. The number of nitrogens with zero attached hydrogens (tertiary/aromatic N) is 2. The van der Waals surface area contributed by atoms with Crippen molar-refractivity contribution in [3.05, 3.63) is 35.9 Å². The highest BCUT2D eigenvalue weighted by atomic mass is 16.5. The van der Waals surface area contributed by atoms with Crippen LogP contribution in [0.5, 0.6) is 0 Å². The molecule has 0 radical (unpaired) electrons. The van der Waals surface area contributed by atoms with Crippen LogP contribution >= 0.6 is 0 Å². The zero-order valence-electron chi connectivity index (χ0n) is 13.2. The van der Waals surface area contributed by atoms with Gasteiger partial charge in [0.15, 0.2) is 0 Å². The predicted molar refractivity (Wildman–Crippen MR) is 86.7 cm³/mol. The lowest BCUT2D eigenvalue weighted by atomic mass is 10.2. The fourth-order valence-electron chi connectivity index (χ4n) is 2.78. The number of rotatable bonds is 8. The molecule has 1 aliphatic rings. The smallest absolute Gasteiger partial charge is 0.0793 e. The molecule has 124 valence electrons. The van der Waals surface area contributed by atoms with E-state index < -0.39 is 0 Å². The first-order valence-corrected chi connectivity index (χ1v) is 8.13. The summed E-state index contributed by atoms with van der Waals surface area (Å²) >= 11 is 0. The van der Waals surface area contributed by atoms with E-state index in [0.29, 0.717) is 26.3 Å². The van der Waals surface area contributed by atoms with Crippen molar-refractivity contribution < 1.29 is 14.9 Å². The summed E-state index contributed by atoms with van der Waals surface area (Å²) in [5.41, 5.74) is 1.19. The minimum atomic E-state index is -0.324. The number of β-amino-alcohol motifs (C(OH)–C–C–N with tert-alkyl or cyclic N) is 1. The van der Waals surface area contributed by atoms with Gasteiger partial charge >= 0.3 is 0 Å². The second-order valence-electron chi connectivity index (χ2n) is 5.87. The zero-order valence-corrected chi connectivity index (χ0v) is 13.2. The number of hydrogen-bond donors (Lipinski definition) is 2. The molecule has 0 amide bonds. The molecular weight excluding hydrogens is 280 g/mol. The van der Waals surface area contributed by atoms with Crippen LogP contribution in [0.2, 0.25) is 0 Å². The summed E-state index contributed by atoms with van der Waals surface area (Å²) < 4.78 is 5.72. The first kappa shape index (κ1) is 17.4. The van der Waals surface area contributed by atoms with Crippen molar-refractivity contribution in [2.75, 3.05) is 52.5 Å². The Morgan fingerprint density at radius 2 is 1.73 bits per heavy atom. The Kier molecular flexibility index (Phi) is 7.83. The van der Waals surface area contributed by atoms with Gasteiger partial charge in [-0.1, -0.05) is 30.3 Å². The maximum absolute atomic E-state index is 10.1. The maximum Gasteiger partial charge on any atom is 0.0793 e. The highest BCUT2D eigenvalue weighted by molar-refractivity contribution is 5.13. The van der Waals surface area contributed by atoms with Gasteiger partial charge in [-0.15, -0.1) is 0 Å². The van der Waals surface area contributed by atoms with Gasteiger partial charge in [-0.2, -0.15) is 0 Å². The average Bonchev–Trinajstić information content (AvgIpc) is 2.71. The number of hydrogen-bond acceptors (Lipinski definition) is 5. The van der Waals surface area contributed by atoms with Gasteiger partial charge < -0.3 is 14.9 Å². The lowest BCUT2D eigenvalue weighted by Gasteiger charge is -2.21. The summed E-state index contributed by atoms with van der Waals surface area (Å²) in [5.74, 6) is 0. The Bertz CT molecular complexity index is 402. The monoisotopic (exact) mass is 308 g/mol. The predicted octanol–water partition coefficient (Wildman–Crippen LogP) is 0.564. The van der Waals surface area contributed by atoms with Crippen molar-refractivity contribution in [3.63, 3.8) is 0 Å². The first-order chi connectivity index (χ1) is 10.8. The van der Waals surface area contributed by atoms with Crippen LogP contribution < -0.4 is 0 Å². The molecule has 1 atom stereocenters. The van der Waals surface area contributed by atoms with Crippen molar-refractivity contribution in [3.8, 4) is 0 Å². The number of aliphatic hydroxyl groups is 2. The van der Waals surface area contributed by atoms with Crippen LogP contribution in [0.15, 0.2) is 30.3 Å². The molecule has 0 unspecified atom stereocenters. The molecule has 0 aromatic heterocycles. The molecule has 0 saturated carbocycles. The second kappa shape index (κ2) is 9.92. The minimum absolute atomic E-state index is 0.212. The highest BCUT2D eigenvalue weighted by Gasteiger charge is 2.20. The molecule has 1 aromatic carbocycles. The van der Waals surface area contributed by atoms with Gasteiger partial charge in [-0.25, -0.2) is 0 Å². The van der Waals surface area contributed by atoms with Crippen molar-refractivity contribution in [1.29, 1.82) is 0 Å². The fraction of sp³-hybridized carbons (Fsp3) is 0.647. The molecule has 1 aliphatic heterocycles. The lowest BCUT2D eigenvalue weighted by molar-refractivity contribution is 0.0732. The lowest BCUT2D eigenvalue weighted by Crippen LogP contribution is -2.35. The van der Waals surface area contributed by atoms with Crippen LogP contribution in [-0.2, 0) is 11.3 Å². The molecule has 2 rings (SSSR count). The molecule has 5 nitrogen and oxygen atoms in total. The van der Waals surface area contributed by atoms with E-state index in [-0.39, 0.29) is 12.7 Å². The van der Waals surface area contributed by atoms with Gasteiger partial charge in [-0.3, -0.25) is 9.80 Å². The Morgan fingerprint density at radius 1 is 1.05 bits per heavy atom. The Labute approximate surface area is 133 Å². The van der Waals surface area contributed by atoms with E-state index in [1.165, 1.54) is 5.56 Å². The SMILES string of the molecule is OCCCN1CCN(CCOCc2ccccc2)C[C@H](O)C1. The van der Waals surface area contributed by atoms with Gasteiger partial charge in [0.25, 0.3) is 0 Å². The van der Waals surface area contributed by atoms with E-state index >= 15 is 0 Å². The van der Waals surface area contributed by atoms with Crippen LogP contribution in [0.3, 0.4) is 0 Å². The van der Waals surface area contributed by atoms with E-state index in [0.717, 1.165) is 32.6 Å². The van der Waals surface area contributed by atoms with Gasteiger partial charge in [0.2, 0.25) is 0 Å². The molecule has 0 bridgehead atoms. The van der Waals surface area contributed by atoms with Crippen molar-refractivity contribution in [1.82, 2.24) is 9.80 Å².